The SMILES string of the molecule is CCNC1CC(c2nccs2)Oc2ccc(F)cc21. The molecule has 1 aromatic carbocycles. The summed E-state index contributed by atoms with van der Waals surface area (Å²) in [5.41, 5.74) is 0.898. The van der Waals surface area contributed by atoms with Crippen LogP contribution >= 0.6 is 11.3 Å². The van der Waals surface area contributed by atoms with Crippen molar-refractivity contribution >= 4 is 11.3 Å². The molecule has 100 valence electrons. The quantitative estimate of drug-likeness (QED) is 0.933. The maximum absolute atomic E-state index is 13.4. The highest BCUT2D eigenvalue weighted by Crippen LogP contribution is 2.41. The highest BCUT2D eigenvalue weighted by atomic mass is 32.1. The largest absolute Gasteiger partial charge is 0.483 e. The van der Waals surface area contributed by atoms with Crippen LogP contribution < -0.4 is 10.1 Å². The van der Waals surface area contributed by atoms with Crippen molar-refractivity contribution in [2.24, 2.45) is 0 Å². The maximum atomic E-state index is 13.4. The second kappa shape index (κ2) is 5.27. The molecule has 2 unspecified atom stereocenters. The third-order valence-electron chi connectivity index (χ3n) is 3.24. The number of nitrogens with zero attached hydrogens (tertiary/aromatic N) is 1. The van der Waals surface area contributed by atoms with Gasteiger partial charge in [0.25, 0.3) is 0 Å². The molecule has 1 aromatic heterocycles. The van der Waals surface area contributed by atoms with E-state index in [9.17, 15) is 4.39 Å². The first-order valence-corrected chi connectivity index (χ1v) is 7.24. The van der Waals surface area contributed by atoms with Gasteiger partial charge in [-0.25, -0.2) is 9.37 Å². The lowest BCUT2D eigenvalue weighted by Crippen LogP contribution is -2.29. The second-order valence-corrected chi connectivity index (χ2v) is 5.43. The molecule has 0 bridgehead atoms. The Balaban J connectivity index is 1.95. The summed E-state index contributed by atoms with van der Waals surface area (Å²) in [6.45, 7) is 2.89. The molecule has 0 spiro atoms. The van der Waals surface area contributed by atoms with Gasteiger partial charge in [0.2, 0.25) is 0 Å². The number of rotatable bonds is 3. The van der Waals surface area contributed by atoms with Crippen molar-refractivity contribution in [3.8, 4) is 5.75 Å². The van der Waals surface area contributed by atoms with Crippen molar-refractivity contribution < 1.29 is 9.13 Å². The molecule has 2 heterocycles. The van der Waals surface area contributed by atoms with E-state index in [-0.39, 0.29) is 18.0 Å². The Hall–Kier alpha value is -1.46. The van der Waals surface area contributed by atoms with Crippen LogP contribution in [0.1, 0.15) is 36.1 Å². The van der Waals surface area contributed by atoms with Gasteiger partial charge in [-0.15, -0.1) is 11.3 Å². The third kappa shape index (κ3) is 2.48. The summed E-state index contributed by atoms with van der Waals surface area (Å²) in [5.74, 6) is 0.525. The normalized spacial score (nSPS) is 21.8. The summed E-state index contributed by atoms with van der Waals surface area (Å²) in [4.78, 5) is 4.32. The predicted molar refractivity (Wildman–Crippen MR) is 72.9 cm³/mol. The fourth-order valence-electron chi connectivity index (χ4n) is 2.43. The maximum Gasteiger partial charge on any atom is 0.152 e. The van der Waals surface area contributed by atoms with E-state index in [1.807, 2.05) is 12.3 Å². The Bertz CT molecular complexity index is 559. The van der Waals surface area contributed by atoms with Crippen molar-refractivity contribution in [1.29, 1.82) is 0 Å². The zero-order chi connectivity index (χ0) is 13.2. The average Bonchev–Trinajstić information content (AvgIpc) is 2.93. The Morgan fingerprint density at radius 1 is 1.53 bits per heavy atom. The van der Waals surface area contributed by atoms with Crippen LogP contribution in [0.5, 0.6) is 5.75 Å². The van der Waals surface area contributed by atoms with Gasteiger partial charge in [-0.3, -0.25) is 0 Å². The summed E-state index contributed by atoms with van der Waals surface area (Å²) in [7, 11) is 0. The number of fused-ring (bicyclic) bond motifs is 1. The summed E-state index contributed by atoms with van der Waals surface area (Å²) < 4.78 is 19.3. The fourth-order valence-corrected chi connectivity index (χ4v) is 3.10. The molecule has 1 N–H and O–H groups in total. The van der Waals surface area contributed by atoms with Gasteiger partial charge in [-0.1, -0.05) is 6.92 Å². The minimum absolute atomic E-state index is 0.0537. The molecular weight excluding hydrogens is 263 g/mol. The summed E-state index contributed by atoms with van der Waals surface area (Å²) in [5, 5.41) is 6.31. The number of benzene rings is 1. The van der Waals surface area contributed by atoms with Gasteiger partial charge in [-0.2, -0.15) is 0 Å². The minimum atomic E-state index is -0.224. The Labute approximate surface area is 115 Å². The van der Waals surface area contributed by atoms with Crippen LogP contribution in [0.4, 0.5) is 4.39 Å². The molecule has 3 nitrogen and oxygen atoms in total. The van der Waals surface area contributed by atoms with Gasteiger partial charge >= 0.3 is 0 Å². The first kappa shape index (κ1) is 12.6. The molecule has 5 heteroatoms. The first-order valence-electron chi connectivity index (χ1n) is 6.36. The highest BCUT2D eigenvalue weighted by molar-refractivity contribution is 7.09. The zero-order valence-electron chi connectivity index (χ0n) is 10.6. The summed E-state index contributed by atoms with van der Waals surface area (Å²) in [6, 6.07) is 4.81. The molecule has 2 atom stereocenters. The van der Waals surface area contributed by atoms with Gasteiger partial charge in [0, 0.05) is 29.6 Å². The first-order chi connectivity index (χ1) is 9.28. The predicted octanol–water partition coefficient (Wildman–Crippen LogP) is 3.46. The number of hydrogen-bond acceptors (Lipinski definition) is 4. The van der Waals surface area contributed by atoms with Crippen molar-refractivity contribution in [1.82, 2.24) is 10.3 Å². The van der Waals surface area contributed by atoms with Crippen molar-refractivity contribution in [2.45, 2.75) is 25.5 Å². The van der Waals surface area contributed by atoms with E-state index >= 15 is 0 Å². The smallest absolute Gasteiger partial charge is 0.152 e. The van der Waals surface area contributed by atoms with Gasteiger partial charge in [0.05, 0.1) is 0 Å². The van der Waals surface area contributed by atoms with Crippen LogP contribution in [0.3, 0.4) is 0 Å². The molecule has 3 rings (SSSR count). The van der Waals surface area contributed by atoms with Crippen LogP contribution in [-0.2, 0) is 0 Å². The molecule has 19 heavy (non-hydrogen) atoms. The van der Waals surface area contributed by atoms with Gasteiger partial charge in [-0.05, 0) is 24.7 Å². The summed E-state index contributed by atoms with van der Waals surface area (Å²) >= 11 is 1.59. The number of thiazole rings is 1. The lowest BCUT2D eigenvalue weighted by Gasteiger charge is -2.31. The van der Waals surface area contributed by atoms with Crippen LogP contribution in [0.2, 0.25) is 0 Å². The van der Waals surface area contributed by atoms with Crippen molar-refractivity contribution in [3.63, 3.8) is 0 Å². The van der Waals surface area contributed by atoms with E-state index < -0.39 is 0 Å². The number of nitrogens with one attached hydrogen (secondary N) is 1. The fraction of sp³-hybridized carbons (Fsp3) is 0.357. The molecule has 1 aliphatic heterocycles. The van der Waals surface area contributed by atoms with Crippen molar-refractivity contribution in [3.05, 3.63) is 46.2 Å². The van der Waals surface area contributed by atoms with Crippen LogP contribution in [-0.4, -0.2) is 11.5 Å². The Kier molecular flexibility index (Phi) is 3.48. The number of ether oxygens (including phenoxy) is 1. The van der Waals surface area contributed by atoms with E-state index in [1.165, 1.54) is 6.07 Å². The number of aromatic nitrogens is 1. The van der Waals surface area contributed by atoms with Gasteiger partial charge < -0.3 is 10.1 Å². The lowest BCUT2D eigenvalue weighted by molar-refractivity contribution is 0.151. The van der Waals surface area contributed by atoms with E-state index in [2.05, 4.69) is 10.3 Å². The molecule has 0 saturated heterocycles. The molecular formula is C14H15FN2OS. The molecule has 0 fully saturated rings. The minimum Gasteiger partial charge on any atom is -0.483 e. The third-order valence-corrected chi connectivity index (χ3v) is 4.11. The van der Waals surface area contributed by atoms with E-state index in [1.54, 1.807) is 29.7 Å². The summed E-state index contributed by atoms with van der Waals surface area (Å²) in [6.07, 6.45) is 2.51. The Morgan fingerprint density at radius 2 is 2.42 bits per heavy atom. The second-order valence-electron chi connectivity index (χ2n) is 4.50. The van der Waals surface area contributed by atoms with E-state index in [0.29, 0.717) is 0 Å². The number of halogens is 1. The standard InChI is InChI=1S/C14H15FN2OS/c1-2-16-11-8-13(14-17-5-6-19-14)18-12-4-3-9(15)7-10(11)12/h3-7,11,13,16H,2,8H2,1H3. The zero-order valence-corrected chi connectivity index (χ0v) is 11.4. The van der Waals surface area contributed by atoms with Crippen LogP contribution in [0, 0.1) is 5.82 Å². The number of hydrogen-bond donors (Lipinski definition) is 1. The lowest BCUT2D eigenvalue weighted by atomic mass is 9.96. The van der Waals surface area contributed by atoms with Crippen LogP contribution in [0.15, 0.2) is 29.8 Å². The van der Waals surface area contributed by atoms with Gasteiger partial charge in [0.1, 0.15) is 16.6 Å². The highest BCUT2D eigenvalue weighted by Gasteiger charge is 2.30. The topological polar surface area (TPSA) is 34.2 Å². The van der Waals surface area contributed by atoms with Gasteiger partial charge in [0.15, 0.2) is 6.10 Å². The molecule has 0 aliphatic carbocycles. The molecule has 0 radical (unpaired) electrons. The van der Waals surface area contributed by atoms with E-state index in [0.717, 1.165) is 29.3 Å². The van der Waals surface area contributed by atoms with E-state index in [4.69, 9.17) is 4.74 Å². The average molecular weight is 278 g/mol. The Morgan fingerprint density at radius 3 is 3.16 bits per heavy atom. The molecule has 1 aliphatic rings. The van der Waals surface area contributed by atoms with Crippen molar-refractivity contribution in [2.75, 3.05) is 6.54 Å². The molecule has 0 saturated carbocycles. The molecule has 0 amide bonds. The monoisotopic (exact) mass is 278 g/mol. The van der Waals surface area contributed by atoms with Crippen LogP contribution in [0.25, 0.3) is 0 Å². The molecule has 2 aromatic rings.